The molecule has 2 aromatic rings. The molecule has 4 heteroatoms. The molecule has 0 spiro atoms. The van der Waals surface area contributed by atoms with E-state index in [4.69, 9.17) is 0 Å². The Hall–Kier alpha value is -1.13. The first-order chi connectivity index (χ1) is 9.67. The summed E-state index contributed by atoms with van der Waals surface area (Å²) in [5, 5.41) is 2.98. The molecule has 20 heavy (non-hydrogen) atoms. The van der Waals surface area contributed by atoms with Gasteiger partial charge in [-0.25, -0.2) is 4.98 Å². The molecule has 2 heterocycles. The maximum atomic E-state index is 12.4. The Balaban J connectivity index is 1.73. The van der Waals surface area contributed by atoms with E-state index in [1.165, 1.54) is 0 Å². The lowest BCUT2D eigenvalue weighted by Gasteiger charge is -2.19. The van der Waals surface area contributed by atoms with Crippen molar-refractivity contribution in [2.45, 2.75) is 30.9 Å². The van der Waals surface area contributed by atoms with E-state index in [0.29, 0.717) is 12.2 Å². The lowest BCUT2D eigenvalue weighted by molar-refractivity contribution is -0.120. The van der Waals surface area contributed by atoms with Crippen molar-refractivity contribution in [3.8, 4) is 11.3 Å². The van der Waals surface area contributed by atoms with Gasteiger partial charge in [0.05, 0.1) is 16.9 Å². The number of aromatic nitrogens is 1. The number of hydrogen-bond donors (Lipinski definition) is 0. The fourth-order valence-corrected chi connectivity index (χ4v) is 4.52. The standard InChI is InChI=1S/C16H17NOS2/c1-16(8-5-9-20-16)14(18)10-15-17-13(11-19-15)12-6-3-2-4-7-12/h2-4,6-7,11H,5,8-10H2,1H3. The second-order valence-corrected chi connectivity index (χ2v) is 7.82. The molecule has 1 saturated heterocycles. The van der Waals surface area contributed by atoms with Crippen LogP contribution in [-0.4, -0.2) is 21.3 Å². The molecular weight excluding hydrogens is 286 g/mol. The molecule has 0 radical (unpaired) electrons. The number of thiazole rings is 1. The Morgan fingerprint density at radius 1 is 1.35 bits per heavy atom. The zero-order valence-corrected chi connectivity index (χ0v) is 13.1. The normalized spacial score (nSPS) is 22.1. The van der Waals surface area contributed by atoms with E-state index in [1.54, 1.807) is 23.1 Å². The van der Waals surface area contributed by atoms with Crippen molar-refractivity contribution in [3.63, 3.8) is 0 Å². The highest BCUT2D eigenvalue weighted by Gasteiger charge is 2.36. The van der Waals surface area contributed by atoms with Crippen LogP contribution in [0.4, 0.5) is 0 Å². The predicted octanol–water partition coefficient (Wildman–Crippen LogP) is 4.21. The topological polar surface area (TPSA) is 30.0 Å². The Kier molecular flexibility index (Phi) is 3.94. The van der Waals surface area contributed by atoms with E-state index < -0.39 is 0 Å². The highest BCUT2D eigenvalue weighted by Crippen LogP contribution is 2.39. The zero-order valence-electron chi connectivity index (χ0n) is 11.5. The number of thioether (sulfide) groups is 1. The van der Waals surface area contributed by atoms with Crippen LogP contribution < -0.4 is 0 Å². The van der Waals surface area contributed by atoms with Crippen molar-refractivity contribution in [2.24, 2.45) is 0 Å². The van der Waals surface area contributed by atoms with Crippen LogP contribution in [0.15, 0.2) is 35.7 Å². The first kappa shape index (κ1) is 13.8. The lowest BCUT2D eigenvalue weighted by atomic mass is 9.98. The number of benzene rings is 1. The molecule has 0 bridgehead atoms. The number of carbonyl (C=O) groups is 1. The van der Waals surface area contributed by atoms with Crippen LogP contribution >= 0.6 is 23.1 Å². The summed E-state index contributed by atoms with van der Waals surface area (Å²) in [7, 11) is 0. The van der Waals surface area contributed by atoms with Gasteiger partial charge in [-0.15, -0.1) is 23.1 Å². The highest BCUT2D eigenvalue weighted by molar-refractivity contribution is 8.01. The van der Waals surface area contributed by atoms with Crippen LogP contribution in [-0.2, 0) is 11.2 Å². The summed E-state index contributed by atoms with van der Waals surface area (Å²) in [5.74, 6) is 1.43. The fraction of sp³-hybridized carbons (Fsp3) is 0.375. The molecule has 104 valence electrons. The summed E-state index contributed by atoms with van der Waals surface area (Å²) in [4.78, 5) is 17.0. The molecular formula is C16H17NOS2. The largest absolute Gasteiger partial charge is 0.298 e. The quantitative estimate of drug-likeness (QED) is 0.847. The van der Waals surface area contributed by atoms with Gasteiger partial charge in [0.1, 0.15) is 5.01 Å². The number of carbonyl (C=O) groups excluding carboxylic acids is 1. The molecule has 1 aromatic carbocycles. The van der Waals surface area contributed by atoms with Gasteiger partial charge in [0.25, 0.3) is 0 Å². The molecule has 1 unspecified atom stereocenters. The van der Waals surface area contributed by atoms with Gasteiger partial charge < -0.3 is 0 Å². The van der Waals surface area contributed by atoms with Gasteiger partial charge >= 0.3 is 0 Å². The van der Waals surface area contributed by atoms with Crippen LogP contribution in [0.1, 0.15) is 24.8 Å². The second kappa shape index (κ2) is 5.70. The minimum absolute atomic E-state index is 0.182. The number of hydrogen-bond acceptors (Lipinski definition) is 4. The summed E-state index contributed by atoms with van der Waals surface area (Å²) >= 11 is 3.39. The minimum atomic E-state index is -0.182. The van der Waals surface area contributed by atoms with Gasteiger partial charge in [-0.2, -0.15) is 0 Å². The summed E-state index contributed by atoms with van der Waals surface area (Å²) in [5.41, 5.74) is 2.09. The maximum Gasteiger partial charge on any atom is 0.155 e. The summed E-state index contributed by atoms with van der Waals surface area (Å²) in [6, 6.07) is 10.1. The van der Waals surface area contributed by atoms with E-state index in [2.05, 4.69) is 24.0 Å². The fourth-order valence-electron chi connectivity index (χ4n) is 2.46. The summed E-state index contributed by atoms with van der Waals surface area (Å²) in [6.07, 6.45) is 2.63. The second-order valence-electron chi connectivity index (χ2n) is 5.28. The Bertz CT molecular complexity index is 600. The first-order valence-corrected chi connectivity index (χ1v) is 8.71. The molecule has 0 amide bonds. The van der Waals surface area contributed by atoms with Crippen molar-refractivity contribution < 1.29 is 4.79 Å². The van der Waals surface area contributed by atoms with Crippen LogP contribution in [0.5, 0.6) is 0 Å². The maximum absolute atomic E-state index is 12.4. The molecule has 0 N–H and O–H groups in total. The molecule has 3 rings (SSSR count). The Labute approximate surface area is 127 Å². The number of ketones is 1. The molecule has 1 aliphatic rings. The first-order valence-electron chi connectivity index (χ1n) is 6.84. The van der Waals surface area contributed by atoms with Crippen molar-refractivity contribution >= 4 is 28.9 Å². The van der Waals surface area contributed by atoms with Crippen LogP contribution in [0.2, 0.25) is 0 Å². The molecule has 1 fully saturated rings. The average molecular weight is 303 g/mol. The van der Waals surface area contributed by atoms with Crippen molar-refractivity contribution in [1.82, 2.24) is 4.98 Å². The third-order valence-corrected chi connectivity index (χ3v) is 6.15. The van der Waals surface area contributed by atoms with E-state index in [1.807, 2.05) is 23.6 Å². The average Bonchev–Trinajstić information content (AvgIpc) is 3.10. The molecule has 0 saturated carbocycles. The smallest absolute Gasteiger partial charge is 0.155 e. The number of nitrogens with zero attached hydrogens (tertiary/aromatic N) is 1. The van der Waals surface area contributed by atoms with E-state index in [0.717, 1.165) is 34.9 Å². The van der Waals surface area contributed by atoms with E-state index in [9.17, 15) is 4.79 Å². The Morgan fingerprint density at radius 2 is 2.15 bits per heavy atom. The lowest BCUT2D eigenvalue weighted by Crippen LogP contribution is -2.30. The van der Waals surface area contributed by atoms with Crippen molar-refractivity contribution in [3.05, 3.63) is 40.7 Å². The van der Waals surface area contributed by atoms with Gasteiger partial charge in [-0.1, -0.05) is 30.3 Å². The van der Waals surface area contributed by atoms with Gasteiger partial charge in [-0.3, -0.25) is 4.79 Å². The van der Waals surface area contributed by atoms with Gasteiger partial charge in [0, 0.05) is 10.9 Å². The van der Waals surface area contributed by atoms with Gasteiger partial charge in [-0.05, 0) is 25.5 Å². The third kappa shape index (κ3) is 2.81. The SMILES string of the molecule is CC1(C(=O)Cc2nc(-c3ccccc3)cs2)CCCS1. The summed E-state index contributed by atoms with van der Waals surface area (Å²) in [6.45, 7) is 2.08. The van der Waals surface area contributed by atoms with Gasteiger partial charge in [0.15, 0.2) is 5.78 Å². The van der Waals surface area contributed by atoms with Crippen LogP contribution in [0.25, 0.3) is 11.3 Å². The Morgan fingerprint density at radius 3 is 2.85 bits per heavy atom. The predicted molar refractivity (Wildman–Crippen MR) is 86.4 cm³/mol. The highest BCUT2D eigenvalue weighted by atomic mass is 32.2. The van der Waals surface area contributed by atoms with E-state index in [-0.39, 0.29) is 4.75 Å². The molecule has 1 aliphatic heterocycles. The molecule has 1 atom stereocenters. The molecule has 0 aliphatic carbocycles. The van der Waals surface area contributed by atoms with Crippen LogP contribution in [0, 0.1) is 0 Å². The van der Waals surface area contributed by atoms with Crippen molar-refractivity contribution in [1.29, 1.82) is 0 Å². The van der Waals surface area contributed by atoms with Crippen LogP contribution in [0.3, 0.4) is 0 Å². The van der Waals surface area contributed by atoms with Gasteiger partial charge in [0.2, 0.25) is 0 Å². The third-order valence-electron chi connectivity index (χ3n) is 3.74. The van der Waals surface area contributed by atoms with Crippen molar-refractivity contribution in [2.75, 3.05) is 5.75 Å². The summed E-state index contributed by atoms with van der Waals surface area (Å²) < 4.78 is -0.182. The number of rotatable bonds is 4. The number of Topliss-reactive ketones (excluding diaryl/α,β-unsaturated/α-hetero) is 1. The molecule has 2 nitrogen and oxygen atoms in total. The molecule has 1 aromatic heterocycles. The monoisotopic (exact) mass is 303 g/mol. The van der Waals surface area contributed by atoms with E-state index >= 15 is 0 Å². The zero-order chi connectivity index (χ0) is 14.0. The minimum Gasteiger partial charge on any atom is -0.298 e.